The van der Waals surface area contributed by atoms with Crippen molar-refractivity contribution in [1.29, 1.82) is 0 Å². The summed E-state index contributed by atoms with van der Waals surface area (Å²) in [4.78, 5) is 4.22. The number of pyridine rings is 1. The zero-order valence-corrected chi connectivity index (χ0v) is 7.86. The number of aliphatic hydroxyl groups is 1. The average molecular weight is 175 g/mol. The van der Waals surface area contributed by atoms with E-state index in [0.29, 0.717) is 0 Å². The maximum atomic E-state index is 10.3. The van der Waals surface area contributed by atoms with E-state index in [1.807, 2.05) is 38.1 Å². The third-order valence-electron chi connectivity index (χ3n) is 2.62. The van der Waals surface area contributed by atoms with Crippen LogP contribution in [-0.2, 0) is 5.60 Å². The van der Waals surface area contributed by atoms with Gasteiger partial charge < -0.3 is 5.11 Å². The monoisotopic (exact) mass is 175 g/mol. The Kier molecular flexibility index (Phi) is 1.74. The van der Waals surface area contributed by atoms with E-state index in [4.69, 9.17) is 0 Å². The van der Waals surface area contributed by atoms with Gasteiger partial charge in [0.05, 0.1) is 5.69 Å². The molecule has 1 atom stereocenters. The fourth-order valence-electron chi connectivity index (χ4n) is 1.65. The van der Waals surface area contributed by atoms with Gasteiger partial charge >= 0.3 is 0 Å². The van der Waals surface area contributed by atoms with E-state index in [1.165, 1.54) is 0 Å². The molecular weight excluding hydrogens is 162 g/mol. The highest BCUT2D eigenvalue weighted by atomic mass is 16.3. The summed E-state index contributed by atoms with van der Waals surface area (Å²) in [7, 11) is 0. The number of nitrogens with zero attached hydrogens (tertiary/aromatic N) is 1. The van der Waals surface area contributed by atoms with E-state index < -0.39 is 5.60 Å². The smallest absolute Gasteiger partial charge is 0.128 e. The van der Waals surface area contributed by atoms with Gasteiger partial charge in [0.25, 0.3) is 0 Å². The Morgan fingerprint density at radius 2 is 2.23 bits per heavy atom. The molecule has 1 unspecified atom stereocenters. The molecule has 68 valence electrons. The predicted molar refractivity (Wildman–Crippen MR) is 52.0 cm³/mol. The summed E-state index contributed by atoms with van der Waals surface area (Å²) in [6.45, 7) is 3.99. The third kappa shape index (κ3) is 1.10. The van der Waals surface area contributed by atoms with Crippen molar-refractivity contribution in [3.05, 3.63) is 35.7 Å². The van der Waals surface area contributed by atoms with Crippen LogP contribution in [0.15, 0.2) is 24.4 Å². The van der Waals surface area contributed by atoms with E-state index >= 15 is 0 Å². The van der Waals surface area contributed by atoms with Crippen LogP contribution in [0.25, 0.3) is 6.08 Å². The van der Waals surface area contributed by atoms with Gasteiger partial charge in [0.15, 0.2) is 0 Å². The third-order valence-corrected chi connectivity index (χ3v) is 2.62. The molecule has 1 aliphatic rings. The highest BCUT2D eigenvalue weighted by molar-refractivity contribution is 5.61. The summed E-state index contributed by atoms with van der Waals surface area (Å²) in [6.07, 6.45) is 5.48. The SMILES string of the molecule is CC(C)C1(O)C=Cc2cccnc21. The quantitative estimate of drug-likeness (QED) is 0.707. The van der Waals surface area contributed by atoms with Crippen molar-refractivity contribution in [2.75, 3.05) is 0 Å². The zero-order valence-electron chi connectivity index (χ0n) is 7.86. The van der Waals surface area contributed by atoms with Crippen LogP contribution in [0, 0.1) is 5.92 Å². The van der Waals surface area contributed by atoms with Crippen LogP contribution in [0.5, 0.6) is 0 Å². The van der Waals surface area contributed by atoms with Crippen LogP contribution in [0.2, 0.25) is 0 Å². The van der Waals surface area contributed by atoms with Gasteiger partial charge in [-0.1, -0.05) is 26.0 Å². The molecule has 2 heteroatoms. The molecule has 0 fully saturated rings. The van der Waals surface area contributed by atoms with Crippen LogP contribution in [-0.4, -0.2) is 10.1 Å². The Balaban J connectivity index is 2.55. The predicted octanol–water partition coefficient (Wildman–Crippen LogP) is 1.95. The molecule has 0 aliphatic heterocycles. The molecule has 0 amide bonds. The van der Waals surface area contributed by atoms with E-state index in [2.05, 4.69) is 4.98 Å². The lowest BCUT2D eigenvalue weighted by molar-refractivity contribution is 0.0390. The molecule has 1 N–H and O–H groups in total. The second-order valence-electron chi connectivity index (χ2n) is 3.75. The summed E-state index contributed by atoms with van der Waals surface area (Å²) in [5.74, 6) is 0.153. The van der Waals surface area contributed by atoms with Crippen LogP contribution >= 0.6 is 0 Å². The van der Waals surface area contributed by atoms with Crippen molar-refractivity contribution < 1.29 is 5.11 Å². The normalized spacial score (nSPS) is 25.2. The Labute approximate surface area is 77.9 Å². The number of hydrogen-bond donors (Lipinski definition) is 1. The van der Waals surface area contributed by atoms with E-state index in [0.717, 1.165) is 11.3 Å². The first-order valence-corrected chi connectivity index (χ1v) is 4.51. The van der Waals surface area contributed by atoms with Gasteiger partial charge in [-0.2, -0.15) is 0 Å². The lowest BCUT2D eigenvalue weighted by atomic mass is 9.89. The summed E-state index contributed by atoms with van der Waals surface area (Å²) in [5, 5.41) is 10.3. The van der Waals surface area contributed by atoms with Gasteiger partial charge in [-0.3, -0.25) is 4.98 Å². The van der Waals surface area contributed by atoms with Crippen molar-refractivity contribution in [1.82, 2.24) is 4.98 Å². The van der Waals surface area contributed by atoms with Crippen molar-refractivity contribution >= 4 is 6.08 Å². The Morgan fingerprint density at radius 3 is 2.92 bits per heavy atom. The van der Waals surface area contributed by atoms with Crippen molar-refractivity contribution in [3.63, 3.8) is 0 Å². The van der Waals surface area contributed by atoms with E-state index in [-0.39, 0.29) is 5.92 Å². The Hall–Kier alpha value is -1.15. The molecule has 1 aromatic rings. The molecule has 1 heterocycles. The van der Waals surface area contributed by atoms with E-state index in [9.17, 15) is 5.11 Å². The maximum Gasteiger partial charge on any atom is 0.128 e. The molecule has 0 radical (unpaired) electrons. The van der Waals surface area contributed by atoms with Gasteiger partial charge in [0.2, 0.25) is 0 Å². The largest absolute Gasteiger partial charge is 0.379 e. The molecule has 1 aliphatic carbocycles. The summed E-state index contributed by atoms with van der Waals surface area (Å²) >= 11 is 0. The van der Waals surface area contributed by atoms with Crippen LogP contribution in [0.3, 0.4) is 0 Å². The number of rotatable bonds is 1. The highest BCUT2D eigenvalue weighted by Gasteiger charge is 2.36. The summed E-state index contributed by atoms with van der Waals surface area (Å²) < 4.78 is 0. The average Bonchev–Trinajstić information content (AvgIpc) is 2.47. The fraction of sp³-hybridized carbons (Fsp3) is 0.364. The Morgan fingerprint density at radius 1 is 1.46 bits per heavy atom. The summed E-state index contributed by atoms with van der Waals surface area (Å²) in [5.41, 5.74) is 0.944. The van der Waals surface area contributed by atoms with Crippen molar-refractivity contribution in [2.24, 2.45) is 5.92 Å². The Bertz CT molecular complexity index is 357. The number of aromatic nitrogens is 1. The first kappa shape index (κ1) is 8.45. The number of hydrogen-bond acceptors (Lipinski definition) is 2. The topological polar surface area (TPSA) is 33.1 Å². The van der Waals surface area contributed by atoms with E-state index in [1.54, 1.807) is 6.20 Å². The first-order chi connectivity index (χ1) is 6.14. The minimum Gasteiger partial charge on any atom is -0.379 e. The van der Waals surface area contributed by atoms with Gasteiger partial charge in [-0.05, 0) is 23.6 Å². The molecule has 2 rings (SSSR count). The molecule has 0 aromatic carbocycles. The lowest BCUT2D eigenvalue weighted by Gasteiger charge is -2.25. The molecule has 0 saturated heterocycles. The molecule has 2 nitrogen and oxygen atoms in total. The minimum absolute atomic E-state index is 0.153. The zero-order chi connectivity index (χ0) is 9.47. The molecule has 1 aromatic heterocycles. The molecule has 0 saturated carbocycles. The van der Waals surface area contributed by atoms with Gasteiger partial charge in [0, 0.05) is 6.20 Å². The highest BCUT2D eigenvalue weighted by Crippen LogP contribution is 2.37. The van der Waals surface area contributed by atoms with Crippen LogP contribution < -0.4 is 0 Å². The molecule has 0 bridgehead atoms. The van der Waals surface area contributed by atoms with Crippen molar-refractivity contribution in [2.45, 2.75) is 19.4 Å². The molecule has 13 heavy (non-hydrogen) atoms. The van der Waals surface area contributed by atoms with Crippen LogP contribution in [0.4, 0.5) is 0 Å². The molecule has 0 spiro atoms. The minimum atomic E-state index is -0.864. The number of fused-ring (bicyclic) bond motifs is 1. The van der Waals surface area contributed by atoms with Crippen LogP contribution in [0.1, 0.15) is 25.1 Å². The molecular formula is C11H13NO. The standard InChI is InChI=1S/C11H13NO/c1-8(2)11(13)6-5-9-4-3-7-12-10(9)11/h3-8,13H,1-2H3. The fourth-order valence-corrected chi connectivity index (χ4v) is 1.65. The van der Waals surface area contributed by atoms with Gasteiger partial charge in [0.1, 0.15) is 5.60 Å². The summed E-state index contributed by atoms with van der Waals surface area (Å²) in [6, 6.07) is 3.86. The second kappa shape index (κ2) is 2.67. The van der Waals surface area contributed by atoms with Crippen molar-refractivity contribution in [3.8, 4) is 0 Å². The first-order valence-electron chi connectivity index (χ1n) is 4.51. The maximum absolute atomic E-state index is 10.3. The van der Waals surface area contributed by atoms with Gasteiger partial charge in [-0.15, -0.1) is 0 Å². The lowest BCUT2D eigenvalue weighted by Crippen LogP contribution is -2.28. The second-order valence-corrected chi connectivity index (χ2v) is 3.75. The van der Waals surface area contributed by atoms with Gasteiger partial charge in [-0.25, -0.2) is 0 Å².